The summed E-state index contributed by atoms with van der Waals surface area (Å²) in [5.41, 5.74) is 3.76. The van der Waals surface area contributed by atoms with Crippen molar-refractivity contribution in [2.24, 2.45) is 4.99 Å². The van der Waals surface area contributed by atoms with E-state index in [0.717, 1.165) is 5.56 Å². The number of hydrogen-bond donors (Lipinski definition) is 1. The minimum atomic E-state index is -0.695. The highest BCUT2D eigenvalue weighted by atomic mass is 16.1. The lowest BCUT2D eigenvalue weighted by Crippen LogP contribution is -2.22. The highest BCUT2D eigenvalue weighted by molar-refractivity contribution is 6.16. The monoisotopic (exact) mass is 464 g/mol. The summed E-state index contributed by atoms with van der Waals surface area (Å²) in [5.74, 6) is -0.296. The Morgan fingerprint density at radius 2 is 2.00 bits per heavy atom. The van der Waals surface area contributed by atoms with Gasteiger partial charge in [0.25, 0.3) is 5.91 Å². The van der Waals surface area contributed by atoms with Crippen molar-refractivity contribution in [2.75, 3.05) is 0 Å². The number of hydrogen-bond acceptors (Lipinski definition) is 7. The molecule has 0 unspecified atom stereocenters. The average molecular weight is 465 g/mol. The third-order valence-corrected chi connectivity index (χ3v) is 5.24. The summed E-state index contributed by atoms with van der Waals surface area (Å²) in [6.45, 7) is 11.1. The number of nitrogens with zero attached hydrogens (tertiary/aromatic N) is 7. The third kappa shape index (κ3) is 5.92. The lowest BCUT2D eigenvalue weighted by Gasteiger charge is -2.16. The van der Waals surface area contributed by atoms with Gasteiger partial charge < -0.3 is 5.32 Å². The van der Waals surface area contributed by atoms with Crippen molar-refractivity contribution in [3.05, 3.63) is 84.1 Å². The molecule has 2 heterocycles. The molecule has 0 bridgehead atoms. The molecule has 1 amide bonds. The molecule has 0 radical (unpaired) electrons. The first-order chi connectivity index (χ1) is 16.6. The van der Waals surface area contributed by atoms with Crippen LogP contribution in [0.25, 0.3) is 17.0 Å². The summed E-state index contributed by atoms with van der Waals surface area (Å²) in [6, 6.07) is 13.0. The summed E-state index contributed by atoms with van der Waals surface area (Å²) in [5, 5.41) is 29.4. The second-order valence-corrected chi connectivity index (χ2v) is 8.37. The maximum absolute atomic E-state index is 12.7. The Morgan fingerprint density at radius 1 is 1.23 bits per heavy atom. The number of carbonyl (C=O) groups is 1. The molecule has 0 aliphatic carbocycles. The predicted molar refractivity (Wildman–Crippen MR) is 133 cm³/mol. The molecule has 35 heavy (non-hydrogen) atoms. The van der Waals surface area contributed by atoms with Crippen LogP contribution in [-0.2, 0) is 5.41 Å². The van der Waals surface area contributed by atoms with Crippen molar-refractivity contribution in [3.8, 4) is 23.4 Å². The van der Waals surface area contributed by atoms with E-state index in [1.165, 1.54) is 17.1 Å². The molecule has 0 spiro atoms. The van der Waals surface area contributed by atoms with E-state index in [9.17, 15) is 10.1 Å². The van der Waals surface area contributed by atoms with Crippen LogP contribution in [0.5, 0.6) is 0 Å². The third-order valence-electron chi connectivity index (χ3n) is 5.24. The fraction of sp³-hybridized carbons (Fsp3) is 0.192. The molecular weight excluding hydrogens is 440 g/mol. The van der Waals surface area contributed by atoms with Crippen LogP contribution in [0.2, 0.25) is 0 Å². The first-order valence-electron chi connectivity index (χ1n) is 10.7. The number of nitriles is 2. The number of carbonyl (C=O) groups excluding carboxylic acids is 1. The van der Waals surface area contributed by atoms with Crippen LogP contribution in [0.4, 0.5) is 0 Å². The first-order valence-corrected chi connectivity index (χ1v) is 10.7. The van der Waals surface area contributed by atoms with E-state index >= 15 is 0 Å². The zero-order chi connectivity index (χ0) is 25.6. The van der Waals surface area contributed by atoms with Crippen molar-refractivity contribution in [1.29, 1.82) is 10.5 Å². The molecule has 9 heteroatoms. The first kappa shape index (κ1) is 24.7. The van der Waals surface area contributed by atoms with Gasteiger partial charge in [0.15, 0.2) is 0 Å². The van der Waals surface area contributed by atoms with Gasteiger partial charge in [0.05, 0.1) is 34.7 Å². The Balaban J connectivity index is 1.70. The minimum absolute atomic E-state index is 0.296. The molecule has 0 aliphatic rings. The van der Waals surface area contributed by atoms with Gasteiger partial charge in [0.1, 0.15) is 11.8 Å². The summed E-state index contributed by atoms with van der Waals surface area (Å²) in [6.07, 6.45) is 6.28. The molecule has 0 saturated carbocycles. The normalized spacial score (nSPS) is 11.9. The molecule has 2 aromatic heterocycles. The van der Waals surface area contributed by atoms with Gasteiger partial charge in [-0.05, 0) is 51.5 Å². The molecular formula is C26H24N8O. The number of allylic oxidation sites excluding steroid dienone is 2. The van der Waals surface area contributed by atoms with Crippen LogP contribution < -0.4 is 5.32 Å². The van der Waals surface area contributed by atoms with Crippen molar-refractivity contribution < 1.29 is 4.79 Å². The Bertz CT molecular complexity index is 1430. The molecule has 1 N–H and O–H groups in total. The summed E-state index contributed by atoms with van der Waals surface area (Å²) >= 11 is 0. The van der Waals surface area contributed by atoms with E-state index in [0.29, 0.717) is 39.5 Å². The molecule has 9 nitrogen and oxygen atoms in total. The Kier molecular flexibility index (Phi) is 7.33. The Morgan fingerprint density at radius 3 is 2.71 bits per heavy atom. The number of aliphatic imine (C=N–C) groups is 1. The van der Waals surface area contributed by atoms with Gasteiger partial charge in [-0.2, -0.15) is 10.5 Å². The van der Waals surface area contributed by atoms with E-state index in [1.54, 1.807) is 64.4 Å². The van der Waals surface area contributed by atoms with Gasteiger partial charge in [0.2, 0.25) is 0 Å². The fourth-order valence-electron chi connectivity index (χ4n) is 3.00. The topological polar surface area (TPSA) is 133 Å². The summed E-state index contributed by atoms with van der Waals surface area (Å²) in [7, 11) is 0. The van der Waals surface area contributed by atoms with E-state index < -0.39 is 5.41 Å². The number of rotatable bonds is 7. The maximum Gasteiger partial charge on any atom is 0.255 e. The lowest BCUT2D eigenvalue weighted by molar-refractivity contribution is 0.0965. The zero-order valence-electron chi connectivity index (χ0n) is 19.9. The molecule has 1 aromatic carbocycles. The minimum Gasteiger partial charge on any atom is -0.324 e. The summed E-state index contributed by atoms with van der Waals surface area (Å²) < 4.78 is 1.48. The second kappa shape index (κ2) is 10.4. The van der Waals surface area contributed by atoms with Crippen molar-refractivity contribution in [3.63, 3.8) is 0 Å². The smallest absolute Gasteiger partial charge is 0.255 e. The van der Waals surface area contributed by atoms with Gasteiger partial charge in [-0.3, -0.25) is 14.8 Å². The molecule has 3 aromatic rings. The Labute approximate surface area is 203 Å². The van der Waals surface area contributed by atoms with E-state index in [4.69, 9.17) is 5.26 Å². The SMILES string of the molecule is C=C(C(C)=N/C=C(\C)NC(=O)c1cccc(C(C)(C)C#N)c1)n1cc(-c2cncc(C#N)c2)nn1. The van der Waals surface area contributed by atoms with Gasteiger partial charge in [0, 0.05) is 35.4 Å². The molecule has 0 atom stereocenters. The zero-order valence-corrected chi connectivity index (χ0v) is 19.9. The largest absolute Gasteiger partial charge is 0.324 e. The quantitative estimate of drug-likeness (QED) is 0.520. The Hall–Kier alpha value is -4.89. The van der Waals surface area contributed by atoms with Crippen molar-refractivity contribution in [1.82, 2.24) is 25.3 Å². The number of nitrogens with one attached hydrogen (secondary N) is 1. The van der Waals surface area contributed by atoms with Gasteiger partial charge in [-0.15, -0.1) is 5.10 Å². The van der Waals surface area contributed by atoms with Crippen LogP contribution in [0, 0.1) is 22.7 Å². The molecule has 3 rings (SSSR count). The van der Waals surface area contributed by atoms with Gasteiger partial charge in [-0.25, -0.2) is 4.68 Å². The molecule has 0 saturated heterocycles. The predicted octanol–water partition coefficient (Wildman–Crippen LogP) is 4.24. The number of benzene rings is 1. The van der Waals surface area contributed by atoms with Gasteiger partial charge >= 0.3 is 0 Å². The van der Waals surface area contributed by atoms with Crippen LogP contribution in [-0.4, -0.2) is 31.6 Å². The van der Waals surface area contributed by atoms with Crippen molar-refractivity contribution >= 4 is 17.3 Å². The van der Waals surface area contributed by atoms with Gasteiger partial charge in [-0.1, -0.05) is 23.9 Å². The van der Waals surface area contributed by atoms with Crippen LogP contribution in [0.15, 0.2) is 72.4 Å². The lowest BCUT2D eigenvalue weighted by atomic mass is 9.85. The van der Waals surface area contributed by atoms with Crippen LogP contribution >= 0.6 is 0 Å². The molecule has 0 aliphatic heterocycles. The fourth-order valence-corrected chi connectivity index (χ4v) is 3.00. The highest BCUT2D eigenvalue weighted by Gasteiger charge is 2.20. The maximum atomic E-state index is 12.7. The van der Waals surface area contributed by atoms with E-state index in [2.05, 4.69) is 38.3 Å². The average Bonchev–Trinajstić information content (AvgIpc) is 3.37. The van der Waals surface area contributed by atoms with Crippen LogP contribution in [0.1, 0.15) is 49.2 Å². The highest BCUT2D eigenvalue weighted by Crippen LogP contribution is 2.23. The number of amides is 1. The molecule has 174 valence electrons. The summed E-state index contributed by atoms with van der Waals surface area (Å²) in [4.78, 5) is 21.1. The number of aromatic nitrogens is 4. The van der Waals surface area contributed by atoms with Crippen molar-refractivity contribution in [2.45, 2.75) is 33.1 Å². The van der Waals surface area contributed by atoms with E-state index in [-0.39, 0.29) is 5.91 Å². The second-order valence-electron chi connectivity index (χ2n) is 8.37. The molecule has 0 fully saturated rings. The van der Waals surface area contributed by atoms with E-state index in [1.807, 2.05) is 12.1 Å². The standard InChI is InChI=1S/C26H24N8O/c1-17(31-25(35)21-7-6-8-23(10-21)26(4,5)16-28)12-30-18(2)19(3)34-15-24(32-33-34)22-9-20(11-27)13-29-14-22/h6-10,12-15H,3H2,1-2,4-5H3,(H,31,35)/b17-12+,30-18?. The number of pyridine rings is 1. The van der Waals surface area contributed by atoms with Crippen LogP contribution in [0.3, 0.4) is 0 Å².